The van der Waals surface area contributed by atoms with Crippen molar-refractivity contribution in [3.63, 3.8) is 0 Å². The largest absolute Gasteiger partial charge is 0.487 e. The molecular weight excluding hydrogens is 393 g/mol. The van der Waals surface area contributed by atoms with E-state index < -0.39 is 0 Å². The molecule has 0 radical (unpaired) electrons. The molecule has 1 saturated heterocycles. The Morgan fingerprint density at radius 3 is 3.00 bits per heavy atom. The molecule has 1 aromatic heterocycles. The maximum atomic E-state index is 13.9. The number of carbonyl (C=O) groups excluding carboxylic acids is 1. The number of carbonyl (C=O) groups is 1. The van der Waals surface area contributed by atoms with Crippen molar-refractivity contribution in [1.29, 1.82) is 0 Å². The maximum absolute atomic E-state index is 13.9. The second kappa shape index (κ2) is 8.16. The number of nitrogens with two attached hydrogens (primary N) is 1. The van der Waals surface area contributed by atoms with E-state index in [9.17, 15) is 9.18 Å². The number of benzene rings is 1. The zero-order valence-corrected chi connectivity index (χ0v) is 17.2. The number of nitrogens with zero attached hydrogens (tertiary/aromatic N) is 3. The molecule has 0 saturated carbocycles. The van der Waals surface area contributed by atoms with Gasteiger partial charge in [0.25, 0.3) is 0 Å². The molecule has 3 atom stereocenters. The first-order valence-corrected chi connectivity index (χ1v) is 10.5. The number of hydrogen-bond acceptors (Lipinski definition) is 7. The predicted molar refractivity (Wildman–Crippen MR) is 110 cm³/mol. The van der Waals surface area contributed by atoms with E-state index in [1.165, 1.54) is 30.2 Å². The minimum Gasteiger partial charge on any atom is -0.487 e. The number of amides is 1. The third-order valence-electron chi connectivity index (χ3n) is 5.35. The zero-order chi connectivity index (χ0) is 20.5. The van der Waals surface area contributed by atoms with Crippen LogP contribution >= 0.6 is 11.8 Å². The number of ether oxygens (including phenoxy) is 1. The molecule has 9 heteroatoms. The van der Waals surface area contributed by atoms with E-state index in [0.29, 0.717) is 17.3 Å². The summed E-state index contributed by atoms with van der Waals surface area (Å²) in [5.41, 5.74) is 7.00. The summed E-state index contributed by atoms with van der Waals surface area (Å²) in [4.78, 5) is 22.6. The molecule has 2 aliphatic heterocycles. The summed E-state index contributed by atoms with van der Waals surface area (Å²) < 4.78 is 20.1. The van der Waals surface area contributed by atoms with Gasteiger partial charge in [0.05, 0.1) is 10.9 Å². The normalized spacial score (nSPS) is 24.2. The van der Waals surface area contributed by atoms with E-state index >= 15 is 0 Å². The number of anilines is 2. The van der Waals surface area contributed by atoms with Gasteiger partial charge in [0, 0.05) is 24.1 Å². The highest BCUT2D eigenvalue weighted by atomic mass is 32.2. The molecular formula is C20H24FN5O2S. The second-order valence-corrected chi connectivity index (χ2v) is 8.71. The standard InChI is InChI=1S/C20H24FN5O2S/c1-11-16-19(23-10-24-20(16)29-17(11)18(22)27)25-14-6-5-12(21)8-15(14)28-13-4-3-7-26(2)9-13/h5-6,8,10-11,13,17H,3-4,7,9H2,1-2H3,(H2,22,27)(H,23,24,25)/t11?,13-,17?/m1/s1. The Balaban J connectivity index is 1.61. The highest BCUT2D eigenvalue weighted by molar-refractivity contribution is 8.01. The first-order valence-electron chi connectivity index (χ1n) is 9.65. The van der Waals surface area contributed by atoms with Crippen molar-refractivity contribution < 1.29 is 13.9 Å². The van der Waals surface area contributed by atoms with Crippen LogP contribution in [-0.2, 0) is 4.79 Å². The van der Waals surface area contributed by atoms with Crippen LogP contribution in [0.15, 0.2) is 29.6 Å². The van der Waals surface area contributed by atoms with Gasteiger partial charge in [-0.15, -0.1) is 0 Å². The topological polar surface area (TPSA) is 93.4 Å². The van der Waals surface area contributed by atoms with E-state index in [1.807, 2.05) is 6.92 Å². The summed E-state index contributed by atoms with van der Waals surface area (Å²) in [6.45, 7) is 3.77. The molecule has 0 aliphatic carbocycles. The molecule has 3 heterocycles. The number of likely N-dealkylation sites (tertiary alicyclic amines) is 1. The average molecular weight is 418 g/mol. The molecule has 3 N–H and O–H groups in total. The molecule has 1 fully saturated rings. The van der Waals surface area contributed by atoms with E-state index in [1.54, 1.807) is 6.07 Å². The smallest absolute Gasteiger partial charge is 0.231 e. The molecule has 1 aromatic carbocycles. The number of halogens is 1. The zero-order valence-electron chi connectivity index (χ0n) is 16.4. The maximum Gasteiger partial charge on any atom is 0.231 e. The molecule has 0 bridgehead atoms. The van der Waals surface area contributed by atoms with Gasteiger partial charge in [-0.2, -0.15) is 0 Å². The van der Waals surface area contributed by atoms with Crippen molar-refractivity contribution in [2.45, 2.75) is 42.1 Å². The number of piperidine rings is 1. The lowest BCUT2D eigenvalue weighted by molar-refractivity contribution is -0.117. The van der Waals surface area contributed by atoms with Crippen molar-refractivity contribution in [1.82, 2.24) is 14.9 Å². The number of aromatic nitrogens is 2. The molecule has 0 spiro atoms. The molecule has 2 unspecified atom stereocenters. The third kappa shape index (κ3) is 4.16. The lowest BCUT2D eigenvalue weighted by Gasteiger charge is -2.30. The van der Waals surface area contributed by atoms with Gasteiger partial charge in [0.1, 0.15) is 34.8 Å². The van der Waals surface area contributed by atoms with Gasteiger partial charge < -0.3 is 20.7 Å². The first-order chi connectivity index (χ1) is 13.9. The molecule has 29 heavy (non-hydrogen) atoms. The van der Waals surface area contributed by atoms with Crippen LogP contribution in [0.4, 0.5) is 15.9 Å². The number of fused-ring (bicyclic) bond motifs is 1. The highest BCUT2D eigenvalue weighted by Gasteiger charge is 2.37. The van der Waals surface area contributed by atoms with Crippen LogP contribution in [0, 0.1) is 5.82 Å². The van der Waals surface area contributed by atoms with E-state index in [4.69, 9.17) is 10.5 Å². The molecule has 154 valence electrons. The number of nitrogens with one attached hydrogen (secondary N) is 1. The van der Waals surface area contributed by atoms with Gasteiger partial charge >= 0.3 is 0 Å². The Bertz CT molecular complexity index is 928. The first kappa shape index (κ1) is 19.9. The monoisotopic (exact) mass is 417 g/mol. The Kier molecular flexibility index (Phi) is 5.60. The van der Waals surface area contributed by atoms with Crippen LogP contribution in [-0.4, -0.2) is 52.3 Å². The summed E-state index contributed by atoms with van der Waals surface area (Å²) >= 11 is 1.35. The Hall–Kier alpha value is -2.39. The molecule has 2 aromatic rings. The van der Waals surface area contributed by atoms with Crippen LogP contribution in [0.2, 0.25) is 0 Å². The fourth-order valence-electron chi connectivity index (χ4n) is 3.88. The number of likely N-dealkylation sites (N-methyl/N-ethyl adjacent to an activating group) is 1. The van der Waals surface area contributed by atoms with Crippen LogP contribution in [0.1, 0.15) is 31.2 Å². The molecule has 1 amide bonds. The number of hydrogen-bond donors (Lipinski definition) is 2. The average Bonchev–Trinajstić information content (AvgIpc) is 3.02. The molecule has 7 nitrogen and oxygen atoms in total. The van der Waals surface area contributed by atoms with Crippen LogP contribution in [0.25, 0.3) is 0 Å². The van der Waals surface area contributed by atoms with Crippen molar-refractivity contribution in [3.05, 3.63) is 35.9 Å². The van der Waals surface area contributed by atoms with Gasteiger partial charge in [-0.1, -0.05) is 18.7 Å². The van der Waals surface area contributed by atoms with Gasteiger partial charge in [-0.05, 0) is 38.6 Å². The lowest BCUT2D eigenvalue weighted by atomic mass is 9.99. The van der Waals surface area contributed by atoms with E-state index in [2.05, 4.69) is 27.2 Å². The highest BCUT2D eigenvalue weighted by Crippen LogP contribution is 2.47. The predicted octanol–water partition coefficient (Wildman–Crippen LogP) is 2.90. The fourth-order valence-corrected chi connectivity index (χ4v) is 5.10. The number of primary amides is 1. The van der Waals surface area contributed by atoms with Gasteiger partial charge in [0.15, 0.2) is 0 Å². The van der Waals surface area contributed by atoms with Crippen molar-refractivity contribution in [2.24, 2.45) is 5.73 Å². The van der Waals surface area contributed by atoms with E-state index in [-0.39, 0.29) is 29.0 Å². The van der Waals surface area contributed by atoms with Crippen LogP contribution in [0.3, 0.4) is 0 Å². The fraction of sp³-hybridized carbons (Fsp3) is 0.450. The third-order valence-corrected chi connectivity index (χ3v) is 6.79. The Morgan fingerprint density at radius 1 is 1.41 bits per heavy atom. The van der Waals surface area contributed by atoms with E-state index in [0.717, 1.165) is 36.5 Å². The Morgan fingerprint density at radius 2 is 2.24 bits per heavy atom. The summed E-state index contributed by atoms with van der Waals surface area (Å²) in [6, 6.07) is 4.42. The SMILES string of the molecule is CC1c2c(Nc3ccc(F)cc3O[C@@H]3CCCN(C)C3)ncnc2SC1C(N)=O. The molecule has 2 aliphatic rings. The lowest BCUT2D eigenvalue weighted by Crippen LogP contribution is -2.38. The minimum absolute atomic E-state index is 0.000866. The summed E-state index contributed by atoms with van der Waals surface area (Å²) in [5, 5.41) is 3.62. The number of rotatable bonds is 5. The van der Waals surface area contributed by atoms with Gasteiger partial charge in [0.2, 0.25) is 5.91 Å². The van der Waals surface area contributed by atoms with Crippen LogP contribution < -0.4 is 15.8 Å². The van der Waals surface area contributed by atoms with Crippen LogP contribution in [0.5, 0.6) is 5.75 Å². The molecule has 4 rings (SSSR count). The van der Waals surface area contributed by atoms with Gasteiger partial charge in [-0.25, -0.2) is 14.4 Å². The van der Waals surface area contributed by atoms with Crippen molar-refractivity contribution >= 4 is 29.2 Å². The minimum atomic E-state index is -0.385. The number of thioether (sulfide) groups is 1. The quantitative estimate of drug-likeness (QED) is 0.723. The van der Waals surface area contributed by atoms with Crippen molar-refractivity contribution in [3.8, 4) is 5.75 Å². The van der Waals surface area contributed by atoms with Gasteiger partial charge in [-0.3, -0.25) is 4.79 Å². The van der Waals surface area contributed by atoms with Crippen molar-refractivity contribution in [2.75, 3.05) is 25.5 Å². The Labute approximate surface area is 173 Å². The summed E-state index contributed by atoms with van der Waals surface area (Å²) in [7, 11) is 2.05. The summed E-state index contributed by atoms with van der Waals surface area (Å²) in [5.74, 6) is 0.158. The summed E-state index contributed by atoms with van der Waals surface area (Å²) in [6.07, 6.45) is 3.42. The second-order valence-electron chi connectivity index (χ2n) is 7.58.